The fraction of sp³-hybridized carbons (Fsp3) is 0.150. The Labute approximate surface area is 154 Å². The van der Waals surface area contributed by atoms with E-state index in [-0.39, 0.29) is 30.0 Å². The minimum absolute atomic E-state index is 0.0847. The highest BCUT2D eigenvalue weighted by Crippen LogP contribution is 2.44. The van der Waals surface area contributed by atoms with Crippen molar-refractivity contribution in [3.8, 4) is 11.1 Å². The van der Waals surface area contributed by atoms with Crippen molar-refractivity contribution in [3.05, 3.63) is 71.2 Å². The number of carbonyl (C=O) groups excluding carboxylic acids is 1. The highest BCUT2D eigenvalue weighted by atomic mass is 16.6. The zero-order valence-corrected chi connectivity index (χ0v) is 14.4. The van der Waals surface area contributed by atoms with Crippen LogP contribution in [0.3, 0.4) is 0 Å². The summed E-state index contributed by atoms with van der Waals surface area (Å²) >= 11 is 0. The van der Waals surface area contributed by atoms with Crippen LogP contribution in [-0.4, -0.2) is 28.8 Å². The quantitative estimate of drug-likeness (QED) is 0.724. The molecule has 0 saturated heterocycles. The molecule has 7 heteroatoms. The van der Waals surface area contributed by atoms with Crippen molar-refractivity contribution < 1.29 is 23.8 Å². The first-order chi connectivity index (χ1) is 13.0. The number of nitrogens with zero attached hydrogens (tertiary/aromatic N) is 1. The molecule has 0 fully saturated rings. The van der Waals surface area contributed by atoms with Crippen molar-refractivity contribution in [1.29, 1.82) is 0 Å². The number of anilines is 1. The Hall–Kier alpha value is -3.61. The van der Waals surface area contributed by atoms with Crippen molar-refractivity contribution in [2.75, 3.05) is 11.9 Å². The summed E-state index contributed by atoms with van der Waals surface area (Å²) in [5, 5.41) is 11.4. The van der Waals surface area contributed by atoms with E-state index in [0.29, 0.717) is 0 Å². The van der Waals surface area contributed by atoms with Gasteiger partial charge in [-0.3, -0.25) is 5.32 Å². The van der Waals surface area contributed by atoms with Crippen molar-refractivity contribution in [2.24, 2.45) is 0 Å². The number of hydrogen-bond acceptors (Lipinski definition) is 5. The molecule has 7 nitrogen and oxygen atoms in total. The lowest BCUT2D eigenvalue weighted by atomic mass is 9.98. The van der Waals surface area contributed by atoms with Gasteiger partial charge in [0.05, 0.1) is 0 Å². The molecule has 0 aliphatic heterocycles. The predicted octanol–water partition coefficient (Wildman–Crippen LogP) is 4.04. The molecule has 1 aliphatic carbocycles. The fourth-order valence-electron chi connectivity index (χ4n) is 3.38. The number of benzene rings is 2. The maximum Gasteiger partial charge on any atom is 0.414 e. The van der Waals surface area contributed by atoms with Crippen LogP contribution in [0.2, 0.25) is 0 Å². The Morgan fingerprint density at radius 1 is 1.11 bits per heavy atom. The standard InChI is InChI=1S/C20H16N2O5/c1-11-21-17(19(23)24)18(27-11)22-20(25)26-10-16-14-8-4-2-6-12(14)13-7-3-5-9-15(13)16/h2-9,16H,10H2,1H3,(H,22,25)(H,23,24). The average molecular weight is 364 g/mol. The average Bonchev–Trinajstić information content (AvgIpc) is 3.18. The van der Waals surface area contributed by atoms with Crippen LogP contribution in [0.5, 0.6) is 0 Å². The van der Waals surface area contributed by atoms with E-state index in [1.54, 1.807) is 0 Å². The molecule has 0 unspecified atom stereocenters. The number of hydrogen-bond donors (Lipinski definition) is 2. The Morgan fingerprint density at radius 3 is 2.30 bits per heavy atom. The van der Waals surface area contributed by atoms with Crippen LogP contribution in [0, 0.1) is 6.92 Å². The molecule has 0 saturated carbocycles. The van der Waals surface area contributed by atoms with E-state index in [1.165, 1.54) is 6.92 Å². The predicted molar refractivity (Wildman–Crippen MR) is 96.9 cm³/mol. The molecule has 1 aromatic heterocycles. The second-order valence-corrected chi connectivity index (χ2v) is 6.17. The van der Waals surface area contributed by atoms with Crippen LogP contribution in [0.15, 0.2) is 52.9 Å². The molecule has 0 bridgehead atoms. The Kier molecular flexibility index (Phi) is 4.12. The van der Waals surface area contributed by atoms with E-state index in [2.05, 4.69) is 10.3 Å². The zero-order chi connectivity index (χ0) is 19.0. The molecule has 4 rings (SSSR count). The van der Waals surface area contributed by atoms with Gasteiger partial charge in [-0.25, -0.2) is 14.6 Å². The van der Waals surface area contributed by atoms with Crippen molar-refractivity contribution in [3.63, 3.8) is 0 Å². The first kappa shape index (κ1) is 16.8. The number of amides is 1. The summed E-state index contributed by atoms with van der Waals surface area (Å²) in [7, 11) is 0. The summed E-state index contributed by atoms with van der Waals surface area (Å²) in [5.74, 6) is -1.47. The molecule has 27 heavy (non-hydrogen) atoms. The lowest BCUT2D eigenvalue weighted by molar-refractivity contribution is 0.0692. The lowest BCUT2D eigenvalue weighted by Crippen LogP contribution is -2.18. The smallest absolute Gasteiger partial charge is 0.414 e. The van der Waals surface area contributed by atoms with Gasteiger partial charge in [0.2, 0.25) is 11.6 Å². The molecule has 0 radical (unpaired) electrons. The molecule has 0 spiro atoms. The molecular weight excluding hydrogens is 348 g/mol. The summed E-state index contributed by atoms with van der Waals surface area (Å²) in [5.41, 5.74) is 4.07. The fourth-order valence-corrected chi connectivity index (χ4v) is 3.38. The third-order valence-electron chi connectivity index (χ3n) is 4.50. The van der Waals surface area contributed by atoms with Gasteiger partial charge >= 0.3 is 12.1 Å². The van der Waals surface area contributed by atoms with Gasteiger partial charge in [0.1, 0.15) is 6.61 Å². The maximum absolute atomic E-state index is 12.2. The van der Waals surface area contributed by atoms with Crippen LogP contribution in [-0.2, 0) is 4.74 Å². The molecule has 2 N–H and O–H groups in total. The number of aromatic nitrogens is 1. The van der Waals surface area contributed by atoms with Gasteiger partial charge in [0.15, 0.2) is 5.89 Å². The van der Waals surface area contributed by atoms with Gasteiger partial charge in [-0.05, 0) is 22.3 Å². The van der Waals surface area contributed by atoms with E-state index >= 15 is 0 Å². The summed E-state index contributed by atoms with van der Waals surface area (Å²) < 4.78 is 10.5. The van der Waals surface area contributed by atoms with Crippen molar-refractivity contribution >= 4 is 17.9 Å². The molecular formula is C20H16N2O5. The highest BCUT2D eigenvalue weighted by molar-refractivity contribution is 5.95. The summed E-state index contributed by atoms with van der Waals surface area (Å²) in [6, 6.07) is 16.0. The minimum atomic E-state index is -1.29. The summed E-state index contributed by atoms with van der Waals surface area (Å²) in [4.78, 5) is 27.0. The first-order valence-corrected chi connectivity index (χ1v) is 8.37. The molecule has 2 aromatic carbocycles. The monoisotopic (exact) mass is 364 g/mol. The normalized spacial score (nSPS) is 12.3. The van der Waals surface area contributed by atoms with Crippen LogP contribution in [0.4, 0.5) is 10.7 Å². The summed E-state index contributed by atoms with van der Waals surface area (Å²) in [6.07, 6.45) is -0.796. The second-order valence-electron chi connectivity index (χ2n) is 6.17. The third kappa shape index (κ3) is 3.03. The number of fused-ring (bicyclic) bond motifs is 3. The maximum atomic E-state index is 12.2. The van der Waals surface area contributed by atoms with E-state index in [1.807, 2.05) is 48.5 Å². The van der Waals surface area contributed by atoms with Gasteiger partial charge in [-0.2, -0.15) is 0 Å². The third-order valence-corrected chi connectivity index (χ3v) is 4.50. The van der Waals surface area contributed by atoms with Gasteiger partial charge in [0.25, 0.3) is 0 Å². The largest absolute Gasteiger partial charge is 0.476 e. The molecule has 136 valence electrons. The van der Waals surface area contributed by atoms with E-state index < -0.39 is 12.1 Å². The first-order valence-electron chi connectivity index (χ1n) is 8.37. The molecule has 1 aliphatic rings. The number of carboxylic acid groups (broad SMARTS) is 1. The van der Waals surface area contributed by atoms with Gasteiger partial charge in [0, 0.05) is 12.8 Å². The molecule has 0 atom stereocenters. The number of ether oxygens (including phenoxy) is 1. The molecule has 3 aromatic rings. The van der Waals surface area contributed by atoms with E-state index in [0.717, 1.165) is 22.3 Å². The van der Waals surface area contributed by atoms with Crippen molar-refractivity contribution in [2.45, 2.75) is 12.8 Å². The van der Waals surface area contributed by atoms with Gasteiger partial charge < -0.3 is 14.3 Å². The van der Waals surface area contributed by atoms with Gasteiger partial charge in [-0.1, -0.05) is 48.5 Å². The Balaban J connectivity index is 1.51. The number of oxazole rings is 1. The van der Waals surface area contributed by atoms with Crippen LogP contribution in [0.25, 0.3) is 11.1 Å². The number of nitrogens with one attached hydrogen (secondary N) is 1. The number of rotatable bonds is 4. The van der Waals surface area contributed by atoms with Crippen LogP contribution >= 0.6 is 0 Å². The number of aromatic carboxylic acids is 1. The SMILES string of the molecule is Cc1nc(C(=O)O)c(NC(=O)OCC2c3ccccc3-c3ccccc32)o1. The van der Waals surface area contributed by atoms with Crippen LogP contribution < -0.4 is 5.32 Å². The number of aryl methyl sites for hydroxylation is 1. The molecule has 1 heterocycles. The topological polar surface area (TPSA) is 102 Å². The zero-order valence-electron chi connectivity index (χ0n) is 14.4. The Bertz CT molecular complexity index is 995. The van der Waals surface area contributed by atoms with E-state index in [4.69, 9.17) is 14.3 Å². The number of carboxylic acids is 1. The Morgan fingerprint density at radius 2 is 1.70 bits per heavy atom. The lowest BCUT2D eigenvalue weighted by Gasteiger charge is -2.14. The highest BCUT2D eigenvalue weighted by Gasteiger charge is 2.29. The number of carbonyl (C=O) groups is 2. The van der Waals surface area contributed by atoms with Gasteiger partial charge in [-0.15, -0.1) is 0 Å². The minimum Gasteiger partial charge on any atom is -0.476 e. The van der Waals surface area contributed by atoms with Crippen molar-refractivity contribution in [1.82, 2.24) is 4.98 Å². The van der Waals surface area contributed by atoms with E-state index in [9.17, 15) is 9.59 Å². The molecule has 1 amide bonds. The second kappa shape index (κ2) is 6.60. The summed E-state index contributed by atoms with van der Waals surface area (Å²) in [6.45, 7) is 1.62. The van der Waals surface area contributed by atoms with Crippen LogP contribution in [0.1, 0.15) is 33.4 Å².